The summed E-state index contributed by atoms with van der Waals surface area (Å²) in [5, 5.41) is 7.79. The molecule has 5 nitrogen and oxygen atoms in total. The molecule has 5 heteroatoms. The van der Waals surface area contributed by atoms with E-state index in [-0.39, 0.29) is 11.9 Å². The van der Waals surface area contributed by atoms with Crippen molar-refractivity contribution in [2.24, 2.45) is 5.73 Å². The average Bonchev–Trinajstić information content (AvgIpc) is 2.70. The quantitative estimate of drug-likeness (QED) is 0.722. The number of aromatic nitrogens is 2. The summed E-state index contributed by atoms with van der Waals surface area (Å²) < 4.78 is 0. The molecule has 0 spiro atoms. The van der Waals surface area contributed by atoms with Crippen LogP contribution in [0.15, 0.2) is 24.4 Å². The maximum absolute atomic E-state index is 12.0. The Morgan fingerprint density at radius 1 is 1.50 bits per heavy atom. The van der Waals surface area contributed by atoms with Gasteiger partial charge in [-0.15, -0.1) is 0 Å². The number of rotatable bonds is 1. The predicted molar refractivity (Wildman–Crippen MR) is 60.0 cm³/mol. The largest absolute Gasteiger partial charge is 0.335 e. The number of fused-ring (bicyclic) bond motifs is 1. The van der Waals surface area contributed by atoms with Crippen LogP contribution < -0.4 is 5.73 Å². The van der Waals surface area contributed by atoms with E-state index in [4.69, 9.17) is 5.73 Å². The highest BCUT2D eigenvalue weighted by Crippen LogP contribution is 2.16. The van der Waals surface area contributed by atoms with Crippen LogP contribution in [0, 0.1) is 0 Å². The Bertz CT molecular complexity index is 542. The molecule has 82 valence electrons. The Labute approximate surface area is 92.2 Å². The van der Waals surface area contributed by atoms with Crippen LogP contribution in [0.2, 0.25) is 0 Å². The molecule has 16 heavy (non-hydrogen) atoms. The van der Waals surface area contributed by atoms with Gasteiger partial charge in [-0.2, -0.15) is 5.10 Å². The zero-order chi connectivity index (χ0) is 11.1. The van der Waals surface area contributed by atoms with E-state index < -0.39 is 0 Å². The monoisotopic (exact) mass is 216 g/mol. The molecule has 0 bridgehead atoms. The molecule has 1 saturated heterocycles. The van der Waals surface area contributed by atoms with Gasteiger partial charge in [0.25, 0.3) is 5.91 Å². The first-order valence-corrected chi connectivity index (χ1v) is 5.22. The molecule has 1 fully saturated rings. The molecule has 0 unspecified atom stereocenters. The van der Waals surface area contributed by atoms with Crippen LogP contribution in [0.5, 0.6) is 0 Å². The van der Waals surface area contributed by atoms with Gasteiger partial charge in [0.1, 0.15) is 0 Å². The summed E-state index contributed by atoms with van der Waals surface area (Å²) in [5.74, 6) is 0.0400. The third-order valence-corrected chi connectivity index (χ3v) is 2.89. The zero-order valence-corrected chi connectivity index (χ0v) is 8.68. The molecule has 0 atom stereocenters. The number of H-pyrrole nitrogens is 1. The van der Waals surface area contributed by atoms with Crippen LogP contribution in [-0.2, 0) is 0 Å². The first kappa shape index (κ1) is 9.35. The van der Waals surface area contributed by atoms with E-state index in [2.05, 4.69) is 10.2 Å². The van der Waals surface area contributed by atoms with Crippen LogP contribution in [0.1, 0.15) is 10.4 Å². The SMILES string of the molecule is NC1CN(C(=O)c2ccc3cn[nH]c3c2)C1. The summed E-state index contributed by atoms with van der Waals surface area (Å²) >= 11 is 0. The van der Waals surface area contributed by atoms with Gasteiger partial charge in [-0.25, -0.2) is 0 Å². The van der Waals surface area contributed by atoms with Gasteiger partial charge in [-0.3, -0.25) is 9.89 Å². The van der Waals surface area contributed by atoms with Gasteiger partial charge in [0.15, 0.2) is 0 Å². The van der Waals surface area contributed by atoms with Crippen molar-refractivity contribution in [3.05, 3.63) is 30.0 Å². The van der Waals surface area contributed by atoms with Crippen molar-refractivity contribution < 1.29 is 4.79 Å². The normalized spacial score (nSPS) is 16.4. The third-order valence-electron chi connectivity index (χ3n) is 2.89. The van der Waals surface area contributed by atoms with Crippen molar-refractivity contribution in [2.75, 3.05) is 13.1 Å². The third kappa shape index (κ3) is 1.37. The molecule has 1 aliphatic heterocycles. The second-order valence-electron chi connectivity index (χ2n) is 4.14. The van der Waals surface area contributed by atoms with Gasteiger partial charge < -0.3 is 10.6 Å². The number of amides is 1. The Morgan fingerprint density at radius 2 is 2.31 bits per heavy atom. The number of nitrogens with zero attached hydrogens (tertiary/aromatic N) is 2. The molecular formula is C11H12N4O. The van der Waals surface area contributed by atoms with E-state index in [1.54, 1.807) is 11.1 Å². The van der Waals surface area contributed by atoms with Crippen LogP contribution >= 0.6 is 0 Å². The number of hydrogen-bond acceptors (Lipinski definition) is 3. The van der Waals surface area contributed by atoms with Crippen molar-refractivity contribution in [3.8, 4) is 0 Å². The molecule has 0 radical (unpaired) electrons. The highest BCUT2D eigenvalue weighted by molar-refractivity contribution is 5.98. The smallest absolute Gasteiger partial charge is 0.254 e. The van der Waals surface area contributed by atoms with Gasteiger partial charge in [0, 0.05) is 30.1 Å². The van der Waals surface area contributed by atoms with Gasteiger partial charge in [-0.05, 0) is 12.1 Å². The van der Waals surface area contributed by atoms with Crippen LogP contribution in [0.4, 0.5) is 0 Å². The van der Waals surface area contributed by atoms with E-state index in [1.165, 1.54) is 0 Å². The fraction of sp³-hybridized carbons (Fsp3) is 0.273. The second-order valence-corrected chi connectivity index (χ2v) is 4.14. The standard InChI is InChI=1S/C11H12N4O/c12-9-5-15(6-9)11(16)7-1-2-8-4-13-14-10(8)3-7/h1-4,9H,5-6,12H2,(H,13,14). The maximum Gasteiger partial charge on any atom is 0.254 e. The van der Waals surface area contributed by atoms with Crippen molar-refractivity contribution >= 4 is 16.8 Å². The highest BCUT2D eigenvalue weighted by atomic mass is 16.2. The Kier molecular flexibility index (Phi) is 1.94. The van der Waals surface area contributed by atoms with E-state index >= 15 is 0 Å². The Balaban J connectivity index is 1.90. The predicted octanol–water partition coefficient (Wildman–Crippen LogP) is 0.346. The molecule has 1 amide bonds. The molecule has 3 N–H and O–H groups in total. The average molecular weight is 216 g/mol. The minimum atomic E-state index is 0.0400. The van der Waals surface area contributed by atoms with E-state index in [0.717, 1.165) is 10.9 Å². The van der Waals surface area contributed by atoms with Gasteiger partial charge in [-0.1, -0.05) is 6.07 Å². The lowest BCUT2D eigenvalue weighted by Gasteiger charge is -2.36. The Morgan fingerprint density at radius 3 is 3.06 bits per heavy atom. The van der Waals surface area contributed by atoms with E-state index in [0.29, 0.717) is 18.7 Å². The van der Waals surface area contributed by atoms with Gasteiger partial charge in [0.05, 0.1) is 11.7 Å². The number of carbonyl (C=O) groups excluding carboxylic acids is 1. The number of aromatic amines is 1. The van der Waals surface area contributed by atoms with E-state index in [9.17, 15) is 4.79 Å². The summed E-state index contributed by atoms with van der Waals surface area (Å²) in [4.78, 5) is 13.7. The Hall–Kier alpha value is -1.88. The number of nitrogens with two attached hydrogens (primary N) is 1. The molecule has 1 aromatic heterocycles. The zero-order valence-electron chi connectivity index (χ0n) is 8.68. The fourth-order valence-electron chi connectivity index (χ4n) is 1.93. The minimum Gasteiger partial charge on any atom is -0.335 e. The molecule has 1 aromatic carbocycles. The van der Waals surface area contributed by atoms with Crippen molar-refractivity contribution in [1.29, 1.82) is 0 Å². The summed E-state index contributed by atoms with van der Waals surface area (Å²) in [6.07, 6.45) is 1.74. The molecule has 1 aliphatic rings. The van der Waals surface area contributed by atoms with Crippen molar-refractivity contribution in [1.82, 2.24) is 15.1 Å². The summed E-state index contributed by atoms with van der Waals surface area (Å²) in [6.45, 7) is 1.31. The summed E-state index contributed by atoms with van der Waals surface area (Å²) in [5.41, 5.74) is 7.22. The van der Waals surface area contributed by atoms with Gasteiger partial charge in [0.2, 0.25) is 0 Å². The molecule has 0 aliphatic carbocycles. The number of hydrogen-bond donors (Lipinski definition) is 2. The van der Waals surface area contributed by atoms with Crippen LogP contribution in [0.25, 0.3) is 10.9 Å². The van der Waals surface area contributed by atoms with Crippen molar-refractivity contribution in [2.45, 2.75) is 6.04 Å². The summed E-state index contributed by atoms with van der Waals surface area (Å²) in [7, 11) is 0. The van der Waals surface area contributed by atoms with Gasteiger partial charge >= 0.3 is 0 Å². The topological polar surface area (TPSA) is 75.0 Å². The first-order chi connectivity index (χ1) is 7.74. The number of nitrogens with one attached hydrogen (secondary N) is 1. The maximum atomic E-state index is 12.0. The van der Waals surface area contributed by atoms with Crippen LogP contribution in [-0.4, -0.2) is 40.1 Å². The molecule has 2 heterocycles. The molecule has 3 rings (SSSR count). The molecular weight excluding hydrogens is 204 g/mol. The van der Waals surface area contributed by atoms with Crippen molar-refractivity contribution in [3.63, 3.8) is 0 Å². The molecule has 2 aromatic rings. The molecule has 0 saturated carbocycles. The first-order valence-electron chi connectivity index (χ1n) is 5.22. The highest BCUT2D eigenvalue weighted by Gasteiger charge is 2.28. The lowest BCUT2D eigenvalue weighted by atomic mass is 10.1. The fourth-order valence-corrected chi connectivity index (χ4v) is 1.93. The lowest BCUT2D eigenvalue weighted by molar-refractivity contribution is 0.0608. The minimum absolute atomic E-state index is 0.0400. The summed E-state index contributed by atoms with van der Waals surface area (Å²) in [6, 6.07) is 5.68. The number of benzene rings is 1. The van der Waals surface area contributed by atoms with Crippen LogP contribution in [0.3, 0.4) is 0 Å². The lowest BCUT2D eigenvalue weighted by Crippen LogP contribution is -2.57. The number of carbonyl (C=O) groups is 1. The second kappa shape index (κ2) is 3.31. The van der Waals surface area contributed by atoms with E-state index in [1.807, 2.05) is 18.2 Å². The number of likely N-dealkylation sites (tertiary alicyclic amines) is 1.